The van der Waals surface area contributed by atoms with Gasteiger partial charge in [0.15, 0.2) is 15.2 Å². The summed E-state index contributed by atoms with van der Waals surface area (Å²) in [5.41, 5.74) is 0. The minimum Gasteiger partial charge on any atom is -0.436 e. The Balaban J connectivity index is 2.23. The molecule has 22 heavy (non-hydrogen) atoms. The molecule has 2 heterocycles. The Morgan fingerprint density at radius 2 is 1.95 bits per heavy atom. The topological polar surface area (TPSA) is 124 Å². The summed E-state index contributed by atoms with van der Waals surface area (Å²) in [5, 5.41) is -1.14. The molecule has 12 heteroatoms. The first-order valence-electron chi connectivity index (χ1n) is 6.03. The van der Waals surface area contributed by atoms with Gasteiger partial charge in [0.2, 0.25) is 12.7 Å². The number of amides is 1. The monoisotopic (exact) mass is 419 g/mol. The van der Waals surface area contributed by atoms with Crippen molar-refractivity contribution in [3.8, 4) is 0 Å². The molecule has 0 aromatic carbocycles. The molecule has 0 aromatic heterocycles. The summed E-state index contributed by atoms with van der Waals surface area (Å²) in [6, 6.07) is -1.35. The van der Waals surface area contributed by atoms with E-state index in [1.165, 1.54) is 13.8 Å². The molecule has 2 aliphatic heterocycles. The van der Waals surface area contributed by atoms with E-state index < -0.39 is 59.6 Å². The van der Waals surface area contributed by atoms with E-state index in [2.05, 4.69) is 24.8 Å². The molecule has 0 radical (unpaired) electrons. The van der Waals surface area contributed by atoms with Crippen LogP contribution in [0.5, 0.6) is 0 Å². The van der Waals surface area contributed by atoms with Gasteiger partial charge in [0.05, 0.1) is 6.26 Å². The Morgan fingerprint density at radius 1 is 1.41 bits per heavy atom. The molecule has 3 atom stereocenters. The van der Waals surface area contributed by atoms with Gasteiger partial charge in [0, 0.05) is 0 Å². The fourth-order valence-corrected chi connectivity index (χ4v) is 6.14. The summed E-state index contributed by atoms with van der Waals surface area (Å²) < 4.78 is 53.8. The van der Waals surface area contributed by atoms with Crippen LogP contribution in [0.3, 0.4) is 0 Å². The third-order valence-electron chi connectivity index (χ3n) is 3.69. The summed E-state index contributed by atoms with van der Waals surface area (Å²) >= 11 is 2.99. The lowest BCUT2D eigenvalue weighted by molar-refractivity contribution is -0.165. The molecule has 0 bridgehead atoms. The van der Waals surface area contributed by atoms with Crippen molar-refractivity contribution in [2.75, 3.05) is 13.0 Å². The van der Waals surface area contributed by atoms with Gasteiger partial charge in [-0.2, -0.15) is 8.42 Å². The van der Waals surface area contributed by atoms with Crippen LogP contribution in [0.4, 0.5) is 0 Å². The second-order valence-electron chi connectivity index (χ2n) is 5.49. The van der Waals surface area contributed by atoms with E-state index in [-0.39, 0.29) is 0 Å². The Labute approximate surface area is 136 Å². The van der Waals surface area contributed by atoms with Crippen LogP contribution in [0.25, 0.3) is 0 Å². The highest BCUT2D eigenvalue weighted by atomic mass is 79.9. The van der Waals surface area contributed by atoms with Crippen LogP contribution < -0.4 is 0 Å². The van der Waals surface area contributed by atoms with Crippen LogP contribution in [0, 0.1) is 0 Å². The van der Waals surface area contributed by atoms with Crippen LogP contribution in [0.1, 0.15) is 13.8 Å². The van der Waals surface area contributed by atoms with Crippen molar-refractivity contribution in [2.45, 2.75) is 34.8 Å². The maximum absolute atomic E-state index is 12.4. The normalized spacial score (nSPS) is 32.3. The fraction of sp³-hybridized carbons (Fsp3) is 0.800. The maximum atomic E-state index is 12.4. The van der Waals surface area contributed by atoms with Gasteiger partial charge in [-0.15, -0.1) is 0 Å². The molecule has 0 aromatic rings. The number of hydrogen-bond donors (Lipinski definition) is 0. The molecule has 9 nitrogen and oxygen atoms in total. The van der Waals surface area contributed by atoms with E-state index in [9.17, 15) is 26.4 Å². The summed E-state index contributed by atoms with van der Waals surface area (Å²) in [6.07, 6.45) is 0.773. The van der Waals surface area contributed by atoms with Crippen molar-refractivity contribution in [3.05, 3.63) is 0 Å². The van der Waals surface area contributed by atoms with Crippen molar-refractivity contribution in [1.29, 1.82) is 0 Å². The smallest absolute Gasteiger partial charge is 0.332 e. The summed E-state index contributed by atoms with van der Waals surface area (Å²) in [5.74, 6) is -1.57. The van der Waals surface area contributed by atoms with E-state index in [0.29, 0.717) is 0 Å². The predicted molar refractivity (Wildman–Crippen MR) is 77.0 cm³/mol. The van der Waals surface area contributed by atoms with E-state index in [1.807, 2.05) is 0 Å². The van der Waals surface area contributed by atoms with E-state index in [1.54, 1.807) is 0 Å². The number of rotatable bonds is 4. The second-order valence-corrected chi connectivity index (χ2v) is 10.7. The van der Waals surface area contributed by atoms with E-state index >= 15 is 0 Å². The first-order chi connectivity index (χ1) is 9.82. The number of ether oxygens (including phenoxy) is 1. The summed E-state index contributed by atoms with van der Waals surface area (Å²) in [7, 11) is -7.61. The van der Waals surface area contributed by atoms with Crippen LogP contribution >= 0.6 is 15.9 Å². The van der Waals surface area contributed by atoms with Crippen LogP contribution in [-0.4, -0.2) is 67.7 Å². The molecule has 1 amide bonds. The molecule has 2 rings (SSSR count). The first kappa shape index (κ1) is 17.6. The largest absolute Gasteiger partial charge is 0.436 e. The second kappa shape index (κ2) is 5.14. The van der Waals surface area contributed by atoms with Crippen molar-refractivity contribution >= 4 is 47.8 Å². The number of halogens is 1. The highest BCUT2D eigenvalue weighted by Crippen LogP contribution is 2.48. The molecule has 0 aliphatic carbocycles. The Morgan fingerprint density at radius 3 is 2.45 bits per heavy atom. The summed E-state index contributed by atoms with van der Waals surface area (Å²) in [4.78, 5) is 24.0. The van der Waals surface area contributed by atoms with Crippen LogP contribution in [0.15, 0.2) is 0 Å². The number of sulfone groups is 1. The zero-order valence-electron chi connectivity index (χ0n) is 11.8. The molecular formula is C10H14BrNO8S2. The fourth-order valence-electron chi connectivity index (χ4n) is 2.48. The number of hydrogen-bond acceptors (Lipinski definition) is 8. The van der Waals surface area contributed by atoms with Crippen molar-refractivity contribution in [1.82, 2.24) is 4.90 Å². The van der Waals surface area contributed by atoms with Crippen LogP contribution in [-0.2, 0) is 38.5 Å². The van der Waals surface area contributed by atoms with Crippen LogP contribution in [0.2, 0.25) is 0 Å². The summed E-state index contributed by atoms with van der Waals surface area (Å²) in [6.45, 7) is 1.75. The van der Waals surface area contributed by atoms with Crippen molar-refractivity contribution < 1.29 is 35.3 Å². The zero-order chi connectivity index (χ0) is 17.1. The maximum Gasteiger partial charge on any atom is 0.332 e. The van der Waals surface area contributed by atoms with Gasteiger partial charge in [-0.1, -0.05) is 15.9 Å². The lowest BCUT2D eigenvalue weighted by Gasteiger charge is -2.40. The Kier molecular flexibility index (Phi) is 4.12. The molecule has 2 fully saturated rings. The molecule has 126 valence electrons. The zero-order valence-corrected chi connectivity index (χ0v) is 15.1. The SMILES string of the molecule is CC1(C)[C@H](C(=O)OCOS(C)(=O)=O)N2C(=O)[C@H](Br)[C@H]2S1(=O)=O. The van der Waals surface area contributed by atoms with Gasteiger partial charge in [0.1, 0.15) is 15.6 Å². The van der Waals surface area contributed by atoms with Gasteiger partial charge in [-0.25, -0.2) is 17.4 Å². The average molecular weight is 420 g/mol. The van der Waals surface area contributed by atoms with E-state index in [4.69, 9.17) is 0 Å². The Bertz CT molecular complexity index is 728. The number of esters is 1. The van der Waals surface area contributed by atoms with Gasteiger partial charge in [0.25, 0.3) is 10.1 Å². The lowest BCUT2D eigenvalue weighted by Crippen LogP contribution is -2.64. The standard InChI is InChI=1S/C10H14BrNO8S2/c1-10(2)6(9(14)19-4-20-21(3,15)16)12-7(13)5(11)8(12)22(10,17)18/h5-6,8H,4H2,1-3H3/t5-,6-,8+/m0/s1. The number of carbonyl (C=O) groups excluding carboxylic acids is 2. The molecule has 0 spiro atoms. The number of alkyl halides is 1. The molecule has 2 aliphatic rings. The number of fused-ring (bicyclic) bond motifs is 1. The molecule has 0 N–H and O–H groups in total. The predicted octanol–water partition coefficient (Wildman–Crippen LogP) is -1.03. The molecule has 0 saturated carbocycles. The third-order valence-corrected chi connectivity index (χ3v) is 8.28. The quantitative estimate of drug-likeness (QED) is 0.186. The molecule has 0 unspecified atom stereocenters. The van der Waals surface area contributed by atoms with Gasteiger partial charge in [-0.05, 0) is 13.8 Å². The third kappa shape index (κ3) is 2.45. The number of β-lactam (4-membered cyclic amide) rings is 1. The van der Waals surface area contributed by atoms with Gasteiger partial charge in [-0.3, -0.25) is 4.79 Å². The first-order valence-corrected chi connectivity index (χ1v) is 10.3. The number of nitrogens with zero attached hydrogens (tertiary/aromatic N) is 1. The lowest BCUT2D eigenvalue weighted by atomic mass is 9.98. The highest BCUT2D eigenvalue weighted by Gasteiger charge is 2.71. The minimum atomic E-state index is -3.81. The van der Waals surface area contributed by atoms with Crippen molar-refractivity contribution in [3.63, 3.8) is 0 Å². The minimum absolute atomic E-state index is 0.537. The van der Waals surface area contributed by atoms with E-state index in [0.717, 1.165) is 11.2 Å². The molecule has 2 saturated heterocycles. The number of carbonyl (C=O) groups is 2. The average Bonchev–Trinajstić information content (AvgIpc) is 2.49. The highest BCUT2D eigenvalue weighted by molar-refractivity contribution is 9.10. The van der Waals surface area contributed by atoms with Gasteiger partial charge >= 0.3 is 5.97 Å². The van der Waals surface area contributed by atoms with Crippen molar-refractivity contribution in [2.24, 2.45) is 0 Å². The molecular weight excluding hydrogens is 406 g/mol. The van der Waals surface area contributed by atoms with Gasteiger partial charge < -0.3 is 9.64 Å². The Hall–Kier alpha value is -0.720.